The number of ether oxygens (including phenoxy) is 1. The Morgan fingerprint density at radius 1 is 1.16 bits per heavy atom. The molecular weight excluding hydrogens is 367 g/mol. The van der Waals surface area contributed by atoms with Crippen molar-refractivity contribution in [2.24, 2.45) is 5.92 Å². The molecule has 2 atom stereocenters. The monoisotopic (exact) mass is 388 g/mol. The maximum Gasteiger partial charge on any atom is 0.328 e. The van der Waals surface area contributed by atoms with Crippen molar-refractivity contribution >= 4 is 41.0 Å². The third-order valence-corrected chi connectivity index (χ3v) is 4.14. The van der Waals surface area contributed by atoms with E-state index < -0.39 is 24.0 Å². The minimum Gasteiger partial charge on any atom is -0.467 e. The summed E-state index contributed by atoms with van der Waals surface area (Å²) in [5.74, 6) is -1.55. The van der Waals surface area contributed by atoms with Gasteiger partial charge in [0.15, 0.2) is 0 Å². The summed E-state index contributed by atoms with van der Waals surface area (Å²) in [5, 5.41) is 6.06. The maximum absolute atomic E-state index is 12.5. The zero-order valence-corrected chi connectivity index (χ0v) is 16.1. The van der Waals surface area contributed by atoms with Crippen LogP contribution in [0.25, 0.3) is 0 Å². The van der Waals surface area contributed by atoms with Crippen LogP contribution in [0.5, 0.6) is 0 Å². The highest BCUT2D eigenvalue weighted by atomic mass is 35.5. The molecule has 1 rings (SSSR count). The first-order chi connectivity index (χ1) is 11.6. The van der Waals surface area contributed by atoms with Crippen LogP contribution < -0.4 is 10.6 Å². The van der Waals surface area contributed by atoms with Gasteiger partial charge in [0.2, 0.25) is 11.8 Å². The fraction of sp³-hybridized carbons (Fsp3) is 0.471. The fourth-order valence-corrected chi connectivity index (χ4v) is 2.74. The molecule has 0 bridgehead atoms. The molecule has 138 valence electrons. The largest absolute Gasteiger partial charge is 0.467 e. The van der Waals surface area contributed by atoms with E-state index in [1.165, 1.54) is 14.0 Å². The highest BCUT2D eigenvalue weighted by Gasteiger charge is 2.29. The molecule has 8 heteroatoms. The van der Waals surface area contributed by atoms with E-state index in [1.54, 1.807) is 32.0 Å². The molecule has 1 aromatic rings. The number of nitrogens with one attached hydrogen (secondary N) is 2. The molecule has 0 radical (unpaired) electrons. The highest BCUT2D eigenvalue weighted by molar-refractivity contribution is 6.35. The molecule has 0 unspecified atom stereocenters. The predicted octanol–water partition coefficient (Wildman–Crippen LogP) is 2.35. The number of hydrogen-bond donors (Lipinski definition) is 2. The second kappa shape index (κ2) is 9.63. The molecule has 0 heterocycles. The molecule has 0 spiro atoms. The van der Waals surface area contributed by atoms with Gasteiger partial charge in [0.1, 0.15) is 12.1 Å². The highest BCUT2D eigenvalue weighted by Crippen LogP contribution is 2.22. The first-order valence-electron chi connectivity index (χ1n) is 7.75. The first-order valence-corrected chi connectivity index (χ1v) is 8.50. The number of amides is 2. The van der Waals surface area contributed by atoms with Crippen LogP contribution in [-0.4, -0.2) is 37.0 Å². The number of carbonyl (C=O) groups is 3. The van der Waals surface area contributed by atoms with Crippen molar-refractivity contribution < 1.29 is 19.1 Å². The smallest absolute Gasteiger partial charge is 0.328 e. The maximum atomic E-state index is 12.5. The Labute approximate surface area is 157 Å². The Kier molecular flexibility index (Phi) is 8.19. The zero-order chi connectivity index (χ0) is 19.1. The number of methoxy groups -OCH3 is 1. The molecule has 0 aliphatic rings. The van der Waals surface area contributed by atoms with Gasteiger partial charge in [0, 0.05) is 23.4 Å². The van der Waals surface area contributed by atoms with Gasteiger partial charge < -0.3 is 15.4 Å². The Bertz CT molecular complexity index is 650. The molecule has 0 aliphatic carbocycles. The van der Waals surface area contributed by atoms with Crippen molar-refractivity contribution in [3.05, 3.63) is 33.8 Å². The quantitative estimate of drug-likeness (QED) is 0.702. The van der Waals surface area contributed by atoms with Crippen LogP contribution in [0.4, 0.5) is 0 Å². The minimum atomic E-state index is -0.939. The Morgan fingerprint density at radius 2 is 1.80 bits per heavy atom. The number of esters is 1. The standard InChI is InChI=1S/C17H22Cl2N2O4/c1-9(2)15(20-10(3)22)16(23)21-14(17(24)25-4)7-11-5-6-12(18)8-13(11)19/h5-6,8-9,14-15H,7H2,1-4H3,(H,20,22)(H,21,23)/t14-,15+/m0/s1. The lowest BCUT2D eigenvalue weighted by molar-refractivity contribution is -0.145. The summed E-state index contributed by atoms with van der Waals surface area (Å²) in [6.45, 7) is 4.92. The van der Waals surface area contributed by atoms with Crippen LogP contribution in [0.2, 0.25) is 10.0 Å². The lowest BCUT2D eigenvalue weighted by Gasteiger charge is -2.24. The van der Waals surface area contributed by atoms with Crippen molar-refractivity contribution in [3.63, 3.8) is 0 Å². The average Bonchev–Trinajstić information content (AvgIpc) is 2.52. The van der Waals surface area contributed by atoms with Gasteiger partial charge in [-0.2, -0.15) is 0 Å². The summed E-state index contributed by atoms with van der Waals surface area (Å²) < 4.78 is 4.76. The summed E-state index contributed by atoms with van der Waals surface area (Å²) >= 11 is 12.0. The first kappa shape index (κ1) is 21.3. The fourth-order valence-electron chi connectivity index (χ4n) is 2.26. The van der Waals surface area contributed by atoms with Gasteiger partial charge >= 0.3 is 5.97 Å². The number of benzene rings is 1. The van der Waals surface area contributed by atoms with Crippen LogP contribution in [-0.2, 0) is 25.5 Å². The molecule has 0 saturated heterocycles. The Hall–Kier alpha value is -1.79. The Balaban J connectivity index is 2.97. The number of rotatable bonds is 7. The van der Waals surface area contributed by atoms with E-state index in [0.29, 0.717) is 15.6 Å². The van der Waals surface area contributed by atoms with E-state index in [9.17, 15) is 14.4 Å². The van der Waals surface area contributed by atoms with Crippen molar-refractivity contribution in [3.8, 4) is 0 Å². The van der Waals surface area contributed by atoms with E-state index in [2.05, 4.69) is 10.6 Å². The van der Waals surface area contributed by atoms with Crippen molar-refractivity contribution in [1.29, 1.82) is 0 Å². The van der Waals surface area contributed by atoms with Gasteiger partial charge in [-0.25, -0.2) is 4.79 Å². The van der Waals surface area contributed by atoms with Crippen LogP contribution in [0.15, 0.2) is 18.2 Å². The third-order valence-electron chi connectivity index (χ3n) is 3.55. The summed E-state index contributed by atoms with van der Waals surface area (Å²) in [6.07, 6.45) is 0.138. The lowest BCUT2D eigenvalue weighted by Crippen LogP contribution is -2.54. The summed E-state index contributed by atoms with van der Waals surface area (Å²) in [4.78, 5) is 35.8. The van der Waals surface area contributed by atoms with Gasteiger partial charge in [0.25, 0.3) is 0 Å². The van der Waals surface area contributed by atoms with Crippen LogP contribution in [0, 0.1) is 5.92 Å². The van der Waals surface area contributed by atoms with E-state index >= 15 is 0 Å². The molecule has 0 fully saturated rings. The van der Waals surface area contributed by atoms with Crippen LogP contribution in [0.3, 0.4) is 0 Å². The molecule has 0 aromatic heterocycles. The lowest BCUT2D eigenvalue weighted by atomic mass is 10.0. The van der Waals surface area contributed by atoms with Gasteiger partial charge in [-0.3, -0.25) is 9.59 Å². The third kappa shape index (κ3) is 6.55. The molecule has 6 nitrogen and oxygen atoms in total. The normalized spacial score (nSPS) is 13.1. The van der Waals surface area contributed by atoms with Crippen molar-refractivity contribution in [1.82, 2.24) is 10.6 Å². The minimum absolute atomic E-state index is 0.138. The zero-order valence-electron chi connectivity index (χ0n) is 14.6. The Morgan fingerprint density at radius 3 is 2.28 bits per heavy atom. The van der Waals surface area contributed by atoms with Crippen LogP contribution >= 0.6 is 23.2 Å². The predicted molar refractivity (Wildman–Crippen MR) is 96.6 cm³/mol. The number of hydrogen-bond acceptors (Lipinski definition) is 4. The number of halogens is 2. The van der Waals surface area contributed by atoms with E-state index in [-0.39, 0.29) is 18.2 Å². The summed E-state index contributed by atoms with van der Waals surface area (Å²) in [5.41, 5.74) is 0.641. The van der Waals surface area contributed by atoms with Gasteiger partial charge in [-0.1, -0.05) is 43.1 Å². The van der Waals surface area contributed by atoms with E-state index in [0.717, 1.165) is 0 Å². The molecule has 25 heavy (non-hydrogen) atoms. The van der Waals surface area contributed by atoms with Gasteiger partial charge in [-0.05, 0) is 23.6 Å². The van der Waals surface area contributed by atoms with Gasteiger partial charge in [-0.15, -0.1) is 0 Å². The van der Waals surface area contributed by atoms with Crippen molar-refractivity contribution in [2.45, 2.75) is 39.3 Å². The molecule has 1 aromatic carbocycles. The van der Waals surface area contributed by atoms with E-state index in [1.807, 2.05) is 0 Å². The SMILES string of the molecule is COC(=O)[C@H](Cc1ccc(Cl)cc1Cl)NC(=O)[C@H](NC(C)=O)C(C)C. The molecule has 2 amide bonds. The second-order valence-corrected chi connectivity index (χ2v) is 6.79. The summed E-state index contributed by atoms with van der Waals surface area (Å²) in [6, 6.07) is 3.19. The van der Waals surface area contributed by atoms with Gasteiger partial charge in [0.05, 0.1) is 7.11 Å². The molecular formula is C17H22Cl2N2O4. The molecule has 2 N–H and O–H groups in total. The molecule has 0 saturated carbocycles. The van der Waals surface area contributed by atoms with Crippen molar-refractivity contribution in [2.75, 3.05) is 7.11 Å². The topological polar surface area (TPSA) is 84.5 Å². The summed E-state index contributed by atoms with van der Waals surface area (Å²) in [7, 11) is 1.23. The second-order valence-electron chi connectivity index (χ2n) is 5.95. The van der Waals surface area contributed by atoms with E-state index in [4.69, 9.17) is 27.9 Å². The van der Waals surface area contributed by atoms with Crippen LogP contribution in [0.1, 0.15) is 26.3 Å². The average molecular weight is 389 g/mol. The number of carbonyl (C=O) groups excluding carboxylic acids is 3. The molecule has 0 aliphatic heterocycles.